The lowest BCUT2D eigenvalue weighted by molar-refractivity contribution is -0.128. The lowest BCUT2D eigenvalue weighted by Gasteiger charge is -2.35. The zero-order chi connectivity index (χ0) is 26.5. The van der Waals surface area contributed by atoms with E-state index in [-0.39, 0.29) is 23.9 Å². The van der Waals surface area contributed by atoms with Crippen molar-refractivity contribution in [2.24, 2.45) is 0 Å². The minimum absolute atomic E-state index is 0.0326. The van der Waals surface area contributed by atoms with Gasteiger partial charge in [0.05, 0.1) is 6.61 Å². The Balaban J connectivity index is 1.54. The van der Waals surface area contributed by atoms with Gasteiger partial charge in [-0.25, -0.2) is 4.79 Å². The monoisotopic (exact) mass is 524 g/mol. The second-order valence-corrected chi connectivity index (χ2v) is 9.52. The van der Waals surface area contributed by atoms with Crippen LogP contribution >= 0.6 is 11.6 Å². The molecule has 2 heterocycles. The summed E-state index contributed by atoms with van der Waals surface area (Å²) in [6, 6.07) is 12.7. The summed E-state index contributed by atoms with van der Waals surface area (Å²) in [6.45, 7) is 7.81. The van der Waals surface area contributed by atoms with Crippen LogP contribution in [0.5, 0.6) is 0 Å². The molecule has 1 aromatic heterocycles. The number of halogens is 1. The number of amides is 3. The van der Waals surface area contributed by atoms with Gasteiger partial charge in [-0.15, -0.1) is 0 Å². The van der Waals surface area contributed by atoms with Gasteiger partial charge in [-0.05, 0) is 68.1 Å². The molecule has 37 heavy (non-hydrogen) atoms. The first-order chi connectivity index (χ1) is 17.8. The predicted molar refractivity (Wildman–Crippen MR) is 144 cm³/mol. The average Bonchev–Trinajstić information content (AvgIpc) is 3.25. The van der Waals surface area contributed by atoms with Gasteiger partial charge in [0.15, 0.2) is 0 Å². The average molecular weight is 525 g/mol. The lowest BCUT2D eigenvalue weighted by atomic mass is 9.92. The SMILES string of the molecule is CCOC(=O)N1CCc2c([nH]c3ccc(Cl)cc23)C1c1ccc(C(=O)NCCCN(CC)C(C)=O)cc1. The van der Waals surface area contributed by atoms with Crippen LogP contribution in [-0.2, 0) is 16.0 Å². The highest BCUT2D eigenvalue weighted by Crippen LogP contribution is 2.39. The maximum atomic E-state index is 12.9. The molecule has 1 atom stereocenters. The number of nitrogens with one attached hydrogen (secondary N) is 2. The normalized spacial score (nSPS) is 14.8. The van der Waals surface area contributed by atoms with Crippen molar-refractivity contribution in [3.63, 3.8) is 0 Å². The summed E-state index contributed by atoms with van der Waals surface area (Å²) < 4.78 is 5.36. The lowest BCUT2D eigenvalue weighted by Crippen LogP contribution is -2.41. The van der Waals surface area contributed by atoms with Crippen LogP contribution in [0.25, 0.3) is 10.9 Å². The number of hydrogen-bond acceptors (Lipinski definition) is 4. The number of nitrogens with zero attached hydrogens (tertiary/aromatic N) is 2. The molecule has 0 spiro atoms. The number of benzene rings is 2. The van der Waals surface area contributed by atoms with E-state index in [9.17, 15) is 14.4 Å². The Labute approximate surface area is 221 Å². The minimum atomic E-state index is -0.377. The molecule has 3 amide bonds. The number of ether oxygens (including phenoxy) is 1. The zero-order valence-electron chi connectivity index (χ0n) is 21.5. The van der Waals surface area contributed by atoms with Crippen LogP contribution in [0.15, 0.2) is 42.5 Å². The molecule has 2 aromatic carbocycles. The smallest absolute Gasteiger partial charge is 0.410 e. The molecule has 0 saturated heterocycles. The number of hydrogen-bond donors (Lipinski definition) is 2. The highest BCUT2D eigenvalue weighted by atomic mass is 35.5. The van der Waals surface area contributed by atoms with E-state index in [0.717, 1.165) is 27.7 Å². The first-order valence-electron chi connectivity index (χ1n) is 12.7. The number of aromatic amines is 1. The van der Waals surface area contributed by atoms with Crippen LogP contribution in [0, 0.1) is 0 Å². The van der Waals surface area contributed by atoms with Crippen molar-refractivity contribution >= 4 is 40.4 Å². The van der Waals surface area contributed by atoms with Crippen molar-refractivity contribution in [3.05, 3.63) is 69.9 Å². The number of carbonyl (C=O) groups is 3. The number of aromatic nitrogens is 1. The highest BCUT2D eigenvalue weighted by molar-refractivity contribution is 6.31. The molecule has 1 unspecified atom stereocenters. The Morgan fingerprint density at radius 2 is 1.92 bits per heavy atom. The van der Waals surface area contributed by atoms with Crippen molar-refractivity contribution in [2.75, 3.05) is 32.8 Å². The van der Waals surface area contributed by atoms with E-state index >= 15 is 0 Å². The van der Waals surface area contributed by atoms with Crippen LogP contribution in [0.2, 0.25) is 5.02 Å². The van der Waals surface area contributed by atoms with Crippen molar-refractivity contribution in [2.45, 2.75) is 39.7 Å². The molecule has 2 N–H and O–H groups in total. The molecule has 0 bridgehead atoms. The standard InChI is InChI=1S/C28H33ClN4O4/c1-4-32(18(3)34)15-6-14-30-27(35)20-9-7-19(8-10-20)26-25-22(13-16-33(26)28(36)37-5-2)23-17-21(29)11-12-24(23)31-25/h7-12,17,26,31H,4-6,13-16H2,1-3H3,(H,30,35). The molecular formula is C28H33ClN4O4. The second-order valence-electron chi connectivity index (χ2n) is 9.08. The van der Waals surface area contributed by atoms with Crippen LogP contribution in [0.1, 0.15) is 60.4 Å². The van der Waals surface area contributed by atoms with Gasteiger partial charge in [-0.3, -0.25) is 14.5 Å². The van der Waals surface area contributed by atoms with E-state index in [2.05, 4.69) is 10.3 Å². The summed E-state index contributed by atoms with van der Waals surface area (Å²) in [5.41, 5.74) is 4.44. The van der Waals surface area contributed by atoms with Gasteiger partial charge in [0.2, 0.25) is 5.91 Å². The summed E-state index contributed by atoms with van der Waals surface area (Å²) >= 11 is 6.27. The molecular weight excluding hydrogens is 492 g/mol. The van der Waals surface area contributed by atoms with Gasteiger partial charge in [0.25, 0.3) is 5.91 Å². The molecule has 1 aliphatic heterocycles. The topological polar surface area (TPSA) is 94.7 Å². The fourth-order valence-electron chi connectivity index (χ4n) is 4.94. The Morgan fingerprint density at radius 1 is 1.16 bits per heavy atom. The summed E-state index contributed by atoms with van der Waals surface area (Å²) in [5, 5.41) is 4.64. The fraction of sp³-hybridized carbons (Fsp3) is 0.393. The Hall–Kier alpha value is -3.52. The van der Waals surface area contributed by atoms with E-state index in [0.29, 0.717) is 56.2 Å². The minimum Gasteiger partial charge on any atom is -0.450 e. The molecule has 0 saturated carbocycles. The Morgan fingerprint density at radius 3 is 2.59 bits per heavy atom. The Bertz CT molecular complexity index is 1290. The van der Waals surface area contributed by atoms with E-state index < -0.39 is 0 Å². The van der Waals surface area contributed by atoms with Gasteiger partial charge in [-0.1, -0.05) is 23.7 Å². The summed E-state index contributed by atoms with van der Waals surface area (Å²) in [5.74, 6) is -0.144. The van der Waals surface area contributed by atoms with E-state index in [1.54, 1.807) is 35.8 Å². The summed E-state index contributed by atoms with van der Waals surface area (Å²) in [4.78, 5) is 44.1. The maximum Gasteiger partial charge on any atom is 0.410 e. The largest absolute Gasteiger partial charge is 0.450 e. The van der Waals surface area contributed by atoms with Gasteiger partial charge in [-0.2, -0.15) is 0 Å². The van der Waals surface area contributed by atoms with Gasteiger partial charge in [0, 0.05) is 60.3 Å². The Kier molecular flexibility index (Phi) is 8.38. The molecule has 4 rings (SSSR count). The van der Waals surface area contributed by atoms with Gasteiger partial charge < -0.3 is 19.9 Å². The van der Waals surface area contributed by atoms with Crippen LogP contribution in [0.3, 0.4) is 0 Å². The van der Waals surface area contributed by atoms with Crippen LogP contribution in [-0.4, -0.2) is 65.5 Å². The first kappa shape index (κ1) is 26.5. The molecule has 3 aromatic rings. The molecule has 0 fully saturated rings. The second kappa shape index (κ2) is 11.7. The predicted octanol–water partition coefficient (Wildman–Crippen LogP) is 4.91. The molecule has 0 radical (unpaired) electrons. The van der Waals surface area contributed by atoms with Crippen molar-refractivity contribution < 1.29 is 19.1 Å². The third-order valence-corrected chi connectivity index (χ3v) is 7.03. The summed E-state index contributed by atoms with van der Waals surface area (Å²) in [6.07, 6.45) is 0.995. The molecule has 196 valence electrons. The highest BCUT2D eigenvalue weighted by Gasteiger charge is 2.35. The van der Waals surface area contributed by atoms with Crippen molar-refractivity contribution in [3.8, 4) is 0 Å². The first-order valence-corrected chi connectivity index (χ1v) is 13.1. The van der Waals surface area contributed by atoms with E-state index in [4.69, 9.17) is 16.3 Å². The summed E-state index contributed by atoms with van der Waals surface area (Å²) in [7, 11) is 0. The van der Waals surface area contributed by atoms with Crippen LogP contribution in [0.4, 0.5) is 4.79 Å². The van der Waals surface area contributed by atoms with Gasteiger partial charge >= 0.3 is 6.09 Å². The fourth-order valence-corrected chi connectivity index (χ4v) is 5.11. The van der Waals surface area contributed by atoms with E-state index in [1.165, 1.54) is 0 Å². The third kappa shape index (κ3) is 5.74. The van der Waals surface area contributed by atoms with E-state index in [1.807, 2.05) is 37.3 Å². The number of carbonyl (C=O) groups excluding carboxylic acids is 3. The number of H-pyrrole nitrogens is 1. The number of rotatable bonds is 8. The van der Waals surface area contributed by atoms with Crippen LogP contribution < -0.4 is 5.32 Å². The van der Waals surface area contributed by atoms with Gasteiger partial charge in [0.1, 0.15) is 6.04 Å². The number of fused-ring (bicyclic) bond motifs is 3. The van der Waals surface area contributed by atoms with Crippen molar-refractivity contribution in [1.29, 1.82) is 0 Å². The molecule has 9 heteroatoms. The third-order valence-electron chi connectivity index (χ3n) is 6.80. The quantitative estimate of drug-likeness (QED) is 0.409. The zero-order valence-corrected chi connectivity index (χ0v) is 22.2. The maximum absolute atomic E-state index is 12.9. The molecule has 1 aliphatic rings. The molecule has 8 nitrogen and oxygen atoms in total. The molecule has 0 aliphatic carbocycles. The van der Waals surface area contributed by atoms with Crippen molar-refractivity contribution in [1.82, 2.24) is 20.1 Å².